The Bertz CT molecular complexity index is 1470. The van der Waals surface area contributed by atoms with Crippen molar-refractivity contribution >= 4 is 5.97 Å². The molecule has 0 radical (unpaired) electrons. The van der Waals surface area contributed by atoms with Crippen LogP contribution in [0.15, 0.2) is 65.4 Å². The second-order valence-electron chi connectivity index (χ2n) is 7.46. The van der Waals surface area contributed by atoms with Gasteiger partial charge in [-0.3, -0.25) is 4.68 Å². The summed E-state index contributed by atoms with van der Waals surface area (Å²) in [5, 5.41) is 8.38. The third-order valence-electron chi connectivity index (χ3n) is 5.12. The number of benzene rings is 2. The number of carbonyl (C=O) groups excluding carboxylic acids is 1. The van der Waals surface area contributed by atoms with Gasteiger partial charge < -0.3 is 14.0 Å². The maximum absolute atomic E-state index is 14.1. The standard InChI is InChI=1S/C24H17F2N5O4/c1-33-22(32)13-34-15-7-5-14(6-8-15)19-9-16(35-30-19)11-31-12-21-20(10-27-31)28-24(29-21)17-3-2-4-18(25)23(17)26/h2-10,12H,11,13H2,1H3. The van der Waals surface area contributed by atoms with Gasteiger partial charge in [0.25, 0.3) is 0 Å². The molecule has 0 unspecified atom stereocenters. The summed E-state index contributed by atoms with van der Waals surface area (Å²) in [6.45, 7) is 0.0880. The number of fused-ring (bicyclic) bond motifs is 1. The minimum atomic E-state index is -0.999. The Balaban J connectivity index is 1.30. The van der Waals surface area contributed by atoms with E-state index in [4.69, 9.17) is 9.26 Å². The molecule has 3 aromatic rings. The Hall–Kier alpha value is -4.67. The average Bonchev–Trinajstić information content (AvgIpc) is 3.51. The highest BCUT2D eigenvalue weighted by Gasteiger charge is 2.18. The zero-order valence-corrected chi connectivity index (χ0v) is 18.3. The van der Waals surface area contributed by atoms with Crippen LogP contribution < -0.4 is 4.74 Å². The summed E-state index contributed by atoms with van der Waals surface area (Å²) in [6, 6.07) is 12.6. The van der Waals surface area contributed by atoms with Gasteiger partial charge in [0.15, 0.2) is 29.8 Å². The summed E-state index contributed by atoms with van der Waals surface area (Å²) in [6.07, 6.45) is 3.13. The van der Waals surface area contributed by atoms with Gasteiger partial charge in [-0.25, -0.2) is 23.5 Å². The number of hydrogen-bond donors (Lipinski definition) is 0. The molecule has 0 saturated carbocycles. The van der Waals surface area contributed by atoms with Crippen molar-refractivity contribution < 1.29 is 27.6 Å². The van der Waals surface area contributed by atoms with Crippen molar-refractivity contribution in [2.45, 2.75) is 6.54 Å². The molecule has 0 aliphatic carbocycles. The summed E-state index contributed by atoms with van der Waals surface area (Å²) >= 11 is 0. The Morgan fingerprint density at radius 1 is 1.06 bits per heavy atom. The first kappa shape index (κ1) is 22.1. The number of halogens is 2. The summed E-state index contributed by atoms with van der Waals surface area (Å²) < 4.78 is 44.6. The number of carbonyl (C=O) groups is 1. The van der Waals surface area contributed by atoms with Gasteiger partial charge in [-0.1, -0.05) is 11.2 Å². The fraction of sp³-hybridized carbons (Fsp3) is 0.125. The molecule has 2 aliphatic rings. The Kier molecular flexibility index (Phi) is 5.88. The highest BCUT2D eigenvalue weighted by atomic mass is 19.2. The lowest BCUT2D eigenvalue weighted by molar-refractivity contribution is -0.142. The number of aromatic nitrogens is 5. The lowest BCUT2D eigenvalue weighted by atomic mass is 10.1. The van der Waals surface area contributed by atoms with Gasteiger partial charge in [0.05, 0.1) is 25.1 Å². The van der Waals surface area contributed by atoms with E-state index in [1.165, 1.54) is 25.4 Å². The molecule has 0 amide bonds. The van der Waals surface area contributed by atoms with E-state index in [2.05, 4.69) is 25.0 Å². The first-order valence-corrected chi connectivity index (χ1v) is 10.4. The van der Waals surface area contributed by atoms with Gasteiger partial charge in [0, 0.05) is 11.6 Å². The second kappa shape index (κ2) is 9.29. The van der Waals surface area contributed by atoms with Crippen molar-refractivity contribution in [1.29, 1.82) is 0 Å². The van der Waals surface area contributed by atoms with Crippen molar-refractivity contribution in [3.8, 4) is 39.8 Å². The lowest BCUT2D eigenvalue weighted by Gasteiger charge is -2.04. The third-order valence-corrected chi connectivity index (χ3v) is 5.12. The van der Waals surface area contributed by atoms with Gasteiger partial charge in [-0.05, 0) is 36.4 Å². The van der Waals surface area contributed by atoms with Crippen LogP contribution in [0.25, 0.3) is 34.0 Å². The number of methoxy groups -OCH3 is 1. The average molecular weight is 477 g/mol. The Labute approximate surface area is 197 Å². The van der Waals surface area contributed by atoms with Crippen LogP contribution in [0.2, 0.25) is 0 Å². The summed E-state index contributed by atoms with van der Waals surface area (Å²) in [5.74, 6) is -1.29. The Morgan fingerprint density at radius 2 is 1.86 bits per heavy atom. The van der Waals surface area contributed by atoms with E-state index in [9.17, 15) is 13.6 Å². The van der Waals surface area contributed by atoms with Crippen LogP contribution >= 0.6 is 0 Å². The molecule has 2 aromatic carbocycles. The summed E-state index contributed by atoms with van der Waals surface area (Å²) in [7, 11) is 1.29. The van der Waals surface area contributed by atoms with Crippen molar-refractivity contribution in [3.05, 3.63) is 78.3 Å². The first-order valence-electron chi connectivity index (χ1n) is 10.4. The van der Waals surface area contributed by atoms with E-state index < -0.39 is 17.6 Å². The van der Waals surface area contributed by atoms with Crippen LogP contribution in [0.4, 0.5) is 8.78 Å². The molecule has 11 heteroatoms. The third kappa shape index (κ3) is 4.69. The van der Waals surface area contributed by atoms with E-state index in [1.807, 2.05) is 0 Å². The van der Waals surface area contributed by atoms with Gasteiger partial charge in [0.2, 0.25) is 0 Å². The van der Waals surface area contributed by atoms with Crippen LogP contribution in [0.5, 0.6) is 5.75 Å². The van der Waals surface area contributed by atoms with Gasteiger partial charge in [0.1, 0.15) is 29.4 Å². The monoisotopic (exact) mass is 477 g/mol. The van der Waals surface area contributed by atoms with Crippen molar-refractivity contribution in [1.82, 2.24) is 24.9 Å². The molecule has 2 aliphatic heterocycles. The van der Waals surface area contributed by atoms with Crippen LogP contribution in [0.3, 0.4) is 0 Å². The van der Waals surface area contributed by atoms with E-state index in [-0.39, 0.29) is 24.5 Å². The summed E-state index contributed by atoms with van der Waals surface area (Å²) in [4.78, 5) is 19.7. The van der Waals surface area contributed by atoms with Crippen molar-refractivity contribution in [3.63, 3.8) is 0 Å². The molecule has 9 nitrogen and oxygen atoms in total. The van der Waals surface area contributed by atoms with Gasteiger partial charge in [-0.2, -0.15) is 5.10 Å². The van der Waals surface area contributed by atoms with E-state index >= 15 is 0 Å². The van der Waals surface area contributed by atoms with Crippen molar-refractivity contribution in [2.75, 3.05) is 13.7 Å². The molecule has 0 N–H and O–H groups in total. The molecule has 176 valence electrons. The summed E-state index contributed by atoms with van der Waals surface area (Å²) in [5.41, 5.74) is 2.31. The normalized spacial score (nSPS) is 11.1. The zero-order chi connectivity index (χ0) is 24.4. The number of nitrogens with zero attached hydrogens (tertiary/aromatic N) is 5. The molecule has 35 heavy (non-hydrogen) atoms. The molecule has 0 spiro atoms. The highest BCUT2D eigenvalue weighted by molar-refractivity contribution is 5.71. The fourth-order valence-corrected chi connectivity index (χ4v) is 3.35. The molecule has 0 atom stereocenters. The predicted molar refractivity (Wildman–Crippen MR) is 118 cm³/mol. The van der Waals surface area contributed by atoms with Crippen LogP contribution in [-0.2, 0) is 16.1 Å². The largest absolute Gasteiger partial charge is 0.482 e. The molecule has 3 heterocycles. The van der Waals surface area contributed by atoms with Crippen LogP contribution in [-0.4, -0.2) is 44.6 Å². The minimum Gasteiger partial charge on any atom is -0.482 e. The van der Waals surface area contributed by atoms with E-state index in [0.29, 0.717) is 28.6 Å². The minimum absolute atomic E-state index is 0.0191. The molecule has 0 fully saturated rings. The van der Waals surface area contributed by atoms with Crippen LogP contribution in [0, 0.1) is 11.6 Å². The van der Waals surface area contributed by atoms with Crippen LogP contribution in [0.1, 0.15) is 5.76 Å². The number of esters is 1. The lowest BCUT2D eigenvalue weighted by Crippen LogP contribution is -2.12. The SMILES string of the molecule is COC(=O)COc1ccc(-c2cc(Cn3cc4nc(-c5cccc(F)c5F)nc-4cn3)on2)cc1. The highest BCUT2D eigenvalue weighted by Crippen LogP contribution is 2.27. The molecule has 1 aromatic heterocycles. The van der Waals surface area contributed by atoms with E-state index in [0.717, 1.165) is 11.6 Å². The second-order valence-corrected chi connectivity index (χ2v) is 7.46. The molecule has 5 rings (SSSR count). The molecular formula is C24H17F2N5O4. The number of ether oxygens (including phenoxy) is 2. The van der Waals surface area contributed by atoms with Gasteiger partial charge in [-0.15, -0.1) is 0 Å². The maximum atomic E-state index is 14.1. The number of rotatable bonds is 7. The quantitative estimate of drug-likeness (QED) is 0.324. The topological polar surface area (TPSA) is 105 Å². The molecular weight excluding hydrogens is 460 g/mol. The first-order chi connectivity index (χ1) is 17.0. The van der Waals surface area contributed by atoms with E-state index in [1.54, 1.807) is 41.2 Å². The predicted octanol–water partition coefficient (Wildman–Crippen LogP) is 3.98. The zero-order valence-electron chi connectivity index (χ0n) is 18.3. The number of hydrogen-bond acceptors (Lipinski definition) is 8. The Morgan fingerprint density at radius 3 is 2.66 bits per heavy atom. The van der Waals surface area contributed by atoms with Gasteiger partial charge >= 0.3 is 5.97 Å². The van der Waals surface area contributed by atoms with Crippen molar-refractivity contribution in [2.24, 2.45) is 0 Å². The number of imidazole rings is 1. The fourth-order valence-electron chi connectivity index (χ4n) is 3.35. The smallest absolute Gasteiger partial charge is 0.343 e. The maximum Gasteiger partial charge on any atom is 0.343 e. The molecule has 0 saturated heterocycles. The molecule has 0 bridgehead atoms.